The van der Waals surface area contributed by atoms with Crippen LogP contribution in [0.25, 0.3) is 11.6 Å². The third-order valence-corrected chi connectivity index (χ3v) is 10.8. The Bertz CT molecular complexity index is 2210. The molecule has 3 aromatic carbocycles. The lowest BCUT2D eigenvalue weighted by Gasteiger charge is -2.36. The van der Waals surface area contributed by atoms with Gasteiger partial charge in [0.1, 0.15) is 5.75 Å². The molecule has 2 N–H and O–H groups in total. The number of hydrogen-bond acceptors (Lipinski definition) is 7. The van der Waals surface area contributed by atoms with Crippen molar-refractivity contribution in [3.63, 3.8) is 0 Å². The minimum Gasteiger partial charge on any atom is -0.494 e. The fourth-order valence-electron chi connectivity index (χ4n) is 8.50. The number of pyridine rings is 2. The van der Waals surface area contributed by atoms with Crippen LogP contribution in [-0.2, 0) is 20.0 Å². The van der Waals surface area contributed by atoms with E-state index in [4.69, 9.17) is 9.72 Å². The maximum absolute atomic E-state index is 14.6. The number of amides is 3. The second-order valence-electron chi connectivity index (χ2n) is 13.8. The summed E-state index contributed by atoms with van der Waals surface area (Å²) in [5.41, 5.74) is 4.11. The standard InChI is InChI=1S/C46H40N4O5/c1-2-55-33-22-19-30(20-23-33)21-24-38(51)49-27-28-50-44(52)41-34-29-35(46(54,32-15-7-4-8-16-32)37-18-10-12-26-48-37)42(43(41)45(50)53)40(34)39(31-13-5-3-6-14-31)36-17-9-11-25-47-36/h3-26,29,34,41-43,54H,2,27-28H2,1H3,(H,49,51)/b24-21+,40-39?/t34-,41-,42+,43-,46?/m0/s1. The number of benzene rings is 3. The number of hydrogen-bond donors (Lipinski definition) is 2. The molecule has 2 bridgehead atoms. The second-order valence-corrected chi connectivity index (χ2v) is 13.8. The van der Waals surface area contributed by atoms with Crippen molar-refractivity contribution < 1.29 is 24.2 Å². The van der Waals surface area contributed by atoms with Crippen molar-refractivity contribution in [2.45, 2.75) is 12.5 Å². The first-order valence-corrected chi connectivity index (χ1v) is 18.6. The van der Waals surface area contributed by atoms with Gasteiger partial charge in [-0.3, -0.25) is 29.3 Å². The summed E-state index contributed by atoms with van der Waals surface area (Å²) in [5, 5.41) is 15.9. The number of aromatic nitrogens is 2. The summed E-state index contributed by atoms with van der Waals surface area (Å²) < 4.78 is 5.48. The largest absolute Gasteiger partial charge is 0.494 e. The summed E-state index contributed by atoms with van der Waals surface area (Å²) in [7, 11) is 0. The lowest BCUT2D eigenvalue weighted by molar-refractivity contribution is -0.140. The van der Waals surface area contributed by atoms with E-state index in [-0.39, 0.29) is 30.8 Å². The Hall–Kier alpha value is -6.45. The zero-order valence-corrected chi connectivity index (χ0v) is 30.3. The fraction of sp³-hybridized carbons (Fsp3) is 0.196. The molecule has 9 heteroatoms. The van der Waals surface area contributed by atoms with Crippen molar-refractivity contribution in [2.75, 3.05) is 19.7 Å². The maximum atomic E-state index is 14.6. The van der Waals surface area contributed by atoms with E-state index in [9.17, 15) is 19.5 Å². The third kappa shape index (κ3) is 6.46. The van der Waals surface area contributed by atoms with Gasteiger partial charge in [-0.1, -0.05) is 91.0 Å². The Morgan fingerprint density at radius 1 is 0.836 bits per heavy atom. The van der Waals surface area contributed by atoms with Crippen molar-refractivity contribution in [1.82, 2.24) is 20.2 Å². The van der Waals surface area contributed by atoms with E-state index in [0.717, 1.165) is 28.0 Å². The number of nitrogens with one attached hydrogen (secondary N) is 1. The molecule has 8 rings (SSSR count). The average Bonchev–Trinajstić information content (AvgIpc) is 3.85. The van der Waals surface area contributed by atoms with Gasteiger partial charge in [0.25, 0.3) is 0 Å². The van der Waals surface area contributed by atoms with Crippen molar-refractivity contribution in [2.24, 2.45) is 23.7 Å². The Labute approximate surface area is 319 Å². The molecule has 3 aliphatic rings. The summed E-state index contributed by atoms with van der Waals surface area (Å²) in [4.78, 5) is 52.5. The van der Waals surface area contributed by atoms with Crippen LogP contribution in [0.1, 0.15) is 35.0 Å². The molecule has 3 amide bonds. The Balaban J connectivity index is 1.15. The minimum absolute atomic E-state index is 0.0239. The van der Waals surface area contributed by atoms with Gasteiger partial charge in [-0.05, 0) is 77.2 Å². The van der Waals surface area contributed by atoms with E-state index in [1.54, 1.807) is 30.6 Å². The normalized spacial score (nSPS) is 22.0. The summed E-state index contributed by atoms with van der Waals surface area (Å²) in [6, 6.07) is 37.8. The van der Waals surface area contributed by atoms with Gasteiger partial charge in [0.2, 0.25) is 17.7 Å². The van der Waals surface area contributed by atoms with Gasteiger partial charge < -0.3 is 15.2 Å². The number of imide groups is 1. The van der Waals surface area contributed by atoms with Crippen LogP contribution >= 0.6 is 0 Å². The quantitative estimate of drug-likeness (QED) is 0.0888. The van der Waals surface area contributed by atoms with Gasteiger partial charge in [0, 0.05) is 49.0 Å². The van der Waals surface area contributed by atoms with Crippen molar-refractivity contribution in [1.29, 1.82) is 0 Å². The number of aliphatic hydroxyl groups is 1. The van der Waals surface area contributed by atoms with Crippen molar-refractivity contribution >= 4 is 29.4 Å². The molecular weight excluding hydrogens is 689 g/mol. The highest BCUT2D eigenvalue weighted by Gasteiger charge is 2.66. The number of carbonyl (C=O) groups excluding carboxylic acids is 3. The van der Waals surface area contributed by atoms with Crippen LogP contribution in [0.4, 0.5) is 0 Å². The zero-order chi connectivity index (χ0) is 37.9. The number of ether oxygens (including phenoxy) is 1. The van der Waals surface area contributed by atoms with Crippen LogP contribution in [0, 0.1) is 23.7 Å². The number of rotatable bonds is 12. The molecule has 1 saturated carbocycles. The molecule has 0 radical (unpaired) electrons. The Kier molecular flexibility index (Phi) is 9.78. The van der Waals surface area contributed by atoms with E-state index in [2.05, 4.69) is 10.3 Å². The Morgan fingerprint density at radius 2 is 1.51 bits per heavy atom. The molecule has 2 aromatic heterocycles. The first-order chi connectivity index (χ1) is 26.9. The van der Waals surface area contributed by atoms with Gasteiger partial charge in [0.05, 0.1) is 29.8 Å². The predicted molar refractivity (Wildman–Crippen MR) is 209 cm³/mol. The molecule has 2 aliphatic carbocycles. The monoisotopic (exact) mass is 728 g/mol. The first-order valence-electron chi connectivity index (χ1n) is 18.6. The van der Waals surface area contributed by atoms with Crippen LogP contribution in [0.3, 0.4) is 0 Å². The molecule has 9 nitrogen and oxygen atoms in total. The molecule has 1 unspecified atom stereocenters. The molecule has 5 atom stereocenters. The minimum atomic E-state index is -1.70. The summed E-state index contributed by atoms with van der Waals surface area (Å²) >= 11 is 0. The lowest BCUT2D eigenvalue weighted by atomic mass is 9.71. The summed E-state index contributed by atoms with van der Waals surface area (Å²) in [6.07, 6.45) is 8.50. The zero-order valence-electron chi connectivity index (χ0n) is 30.3. The Morgan fingerprint density at radius 3 is 2.18 bits per heavy atom. The number of allylic oxidation sites excluding steroid dienone is 2. The molecule has 1 saturated heterocycles. The highest BCUT2D eigenvalue weighted by Crippen LogP contribution is 2.64. The fourth-order valence-corrected chi connectivity index (χ4v) is 8.50. The van der Waals surface area contributed by atoms with E-state index in [1.807, 2.05) is 122 Å². The lowest BCUT2D eigenvalue weighted by Crippen LogP contribution is -2.40. The smallest absolute Gasteiger partial charge is 0.244 e. The molecule has 2 fully saturated rings. The average molecular weight is 729 g/mol. The molecular formula is C46H40N4O5. The van der Waals surface area contributed by atoms with Crippen molar-refractivity contribution in [3.05, 3.63) is 185 Å². The third-order valence-electron chi connectivity index (χ3n) is 10.8. The van der Waals surface area contributed by atoms with Crippen LogP contribution < -0.4 is 10.1 Å². The first kappa shape index (κ1) is 35.6. The van der Waals surface area contributed by atoms with E-state index >= 15 is 0 Å². The molecule has 274 valence electrons. The van der Waals surface area contributed by atoms with Crippen LogP contribution in [0.5, 0.6) is 5.75 Å². The molecule has 5 aromatic rings. The maximum Gasteiger partial charge on any atom is 0.244 e. The van der Waals surface area contributed by atoms with Gasteiger partial charge in [-0.25, -0.2) is 0 Å². The molecule has 1 aliphatic heterocycles. The van der Waals surface area contributed by atoms with Gasteiger partial charge in [-0.15, -0.1) is 0 Å². The van der Waals surface area contributed by atoms with Crippen molar-refractivity contribution in [3.8, 4) is 5.75 Å². The van der Waals surface area contributed by atoms with Gasteiger partial charge in [-0.2, -0.15) is 0 Å². The second kappa shape index (κ2) is 15.1. The number of nitrogens with zero attached hydrogens (tertiary/aromatic N) is 3. The van der Waals surface area contributed by atoms with E-state index in [0.29, 0.717) is 29.1 Å². The number of carbonyl (C=O) groups is 3. The highest BCUT2D eigenvalue weighted by atomic mass is 16.5. The highest BCUT2D eigenvalue weighted by molar-refractivity contribution is 6.08. The van der Waals surface area contributed by atoms with Crippen LogP contribution in [-0.4, -0.2) is 57.4 Å². The number of fused-ring (bicyclic) bond motifs is 5. The van der Waals surface area contributed by atoms with E-state index < -0.39 is 29.3 Å². The summed E-state index contributed by atoms with van der Waals surface area (Å²) in [6.45, 7) is 2.60. The number of likely N-dealkylation sites (tertiary alicyclic amines) is 1. The SMILES string of the molecule is CCOc1ccc(/C=C/C(=O)NCCN2C(=O)[C@@H]3[C@@H]4C(C(O)(c5ccccc5)c5ccccn5)=C[C@@H](C4=C(c4ccccc4)c4ccccn4)[C@@H]3C2=O)cc1. The molecule has 0 spiro atoms. The topological polar surface area (TPSA) is 122 Å². The predicted octanol–water partition coefficient (Wildman–Crippen LogP) is 6.23. The van der Waals surface area contributed by atoms with E-state index in [1.165, 1.54) is 11.0 Å². The molecule has 3 heterocycles. The summed E-state index contributed by atoms with van der Waals surface area (Å²) in [5.74, 6) is -2.81. The van der Waals surface area contributed by atoms with Crippen LogP contribution in [0.2, 0.25) is 0 Å². The van der Waals surface area contributed by atoms with Gasteiger partial charge in [0.15, 0.2) is 5.60 Å². The molecule has 55 heavy (non-hydrogen) atoms. The van der Waals surface area contributed by atoms with Gasteiger partial charge >= 0.3 is 0 Å². The van der Waals surface area contributed by atoms with Crippen LogP contribution in [0.15, 0.2) is 157 Å².